The van der Waals surface area contributed by atoms with E-state index < -0.39 is 0 Å². The first-order valence-electron chi connectivity index (χ1n) is 8.95. The van der Waals surface area contributed by atoms with Gasteiger partial charge in [0.05, 0.1) is 6.61 Å². The number of nitrogens with one attached hydrogen (secondary N) is 1. The number of hydrogen-bond acceptors (Lipinski definition) is 2. The Balaban J connectivity index is 1.44. The highest BCUT2D eigenvalue weighted by Crippen LogP contribution is 2.32. The Morgan fingerprint density at radius 3 is 2.67 bits per heavy atom. The number of nitrogens with zero attached hydrogens (tertiary/aromatic N) is 1. The maximum absolute atomic E-state index is 12.4. The van der Waals surface area contributed by atoms with Crippen LogP contribution in [0.25, 0.3) is 0 Å². The molecule has 3 fully saturated rings. The lowest BCUT2D eigenvalue weighted by atomic mass is 9.84. The van der Waals surface area contributed by atoms with Gasteiger partial charge in [0.25, 0.3) is 0 Å². The summed E-state index contributed by atoms with van der Waals surface area (Å²) in [5, 5.41) is 3.14. The van der Waals surface area contributed by atoms with E-state index in [2.05, 4.69) is 10.2 Å². The Labute approximate surface area is 128 Å². The van der Waals surface area contributed by atoms with Crippen molar-refractivity contribution < 1.29 is 9.53 Å². The topological polar surface area (TPSA) is 41.6 Å². The summed E-state index contributed by atoms with van der Waals surface area (Å²) in [6.07, 6.45) is 11.7. The summed E-state index contributed by atoms with van der Waals surface area (Å²) in [5.74, 6) is 1.38. The highest BCUT2D eigenvalue weighted by molar-refractivity contribution is 5.74. The van der Waals surface area contributed by atoms with Crippen molar-refractivity contribution in [2.75, 3.05) is 26.3 Å². The third kappa shape index (κ3) is 4.12. The van der Waals surface area contributed by atoms with Crippen molar-refractivity contribution in [2.24, 2.45) is 11.8 Å². The molecule has 2 aliphatic heterocycles. The molecule has 0 aromatic carbocycles. The minimum atomic E-state index is 0.167. The van der Waals surface area contributed by atoms with Gasteiger partial charge >= 0.3 is 6.03 Å². The summed E-state index contributed by atoms with van der Waals surface area (Å²) in [5.41, 5.74) is 0. The van der Waals surface area contributed by atoms with Crippen LogP contribution in [0.1, 0.15) is 57.8 Å². The molecule has 3 aliphatic rings. The van der Waals surface area contributed by atoms with Gasteiger partial charge in [-0.25, -0.2) is 4.79 Å². The zero-order valence-corrected chi connectivity index (χ0v) is 13.2. The highest BCUT2D eigenvalue weighted by Gasteiger charge is 2.31. The van der Waals surface area contributed by atoms with Gasteiger partial charge in [-0.15, -0.1) is 0 Å². The van der Waals surface area contributed by atoms with E-state index in [1.165, 1.54) is 51.4 Å². The first-order chi connectivity index (χ1) is 10.3. The fraction of sp³-hybridized carbons (Fsp3) is 0.941. The van der Waals surface area contributed by atoms with E-state index in [9.17, 15) is 4.79 Å². The van der Waals surface area contributed by atoms with Gasteiger partial charge in [0.2, 0.25) is 0 Å². The summed E-state index contributed by atoms with van der Waals surface area (Å²) in [6.45, 7) is 3.40. The number of hydrogen-bond donors (Lipinski definition) is 1. The van der Waals surface area contributed by atoms with Crippen LogP contribution >= 0.6 is 0 Å². The highest BCUT2D eigenvalue weighted by atomic mass is 16.5. The Morgan fingerprint density at radius 2 is 1.90 bits per heavy atom. The Hall–Kier alpha value is -0.770. The van der Waals surface area contributed by atoms with E-state index in [4.69, 9.17) is 4.74 Å². The molecule has 2 saturated heterocycles. The molecule has 4 nitrogen and oxygen atoms in total. The van der Waals surface area contributed by atoms with Gasteiger partial charge in [0.1, 0.15) is 0 Å². The van der Waals surface area contributed by atoms with Gasteiger partial charge in [-0.05, 0) is 31.6 Å². The van der Waals surface area contributed by atoms with Crippen LogP contribution in [0.4, 0.5) is 4.79 Å². The molecule has 0 spiro atoms. The van der Waals surface area contributed by atoms with Crippen LogP contribution in [-0.4, -0.2) is 43.3 Å². The Morgan fingerprint density at radius 1 is 1.05 bits per heavy atom. The number of ether oxygens (including phenoxy) is 1. The summed E-state index contributed by atoms with van der Waals surface area (Å²) in [4.78, 5) is 14.5. The van der Waals surface area contributed by atoms with Crippen molar-refractivity contribution in [1.82, 2.24) is 10.2 Å². The average molecular weight is 294 g/mol. The lowest BCUT2D eigenvalue weighted by Gasteiger charge is -2.30. The van der Waals surface area contributed by atoms with Crippen LogP contribution in [0.3, 0.4) is 0 Å². The molecule has 0 aromatic heterocycles. The predicted octanol–water partition coefficient (Wildman–Crippen LogP) is 3.17. The zero-order chi connectivity index (χ0) is 14.5. The molecule has 1 aliphatic carbocycles. The monoisotopic (exact) mass is 294 g/mol. The summed E-state index contributed by atoms with van der Waals surface area (Å²) in [6, 6.07) is 0.660. The third-order valence-corrected chi connectivity index (χ3v) is 5.53. The number of carbonyl (C=O) groups is 1. The normalized spacial score (nSPS) is 30.8. The van der Waals surface area contributed by atoms with Crippen molar-refractivity contribution in [3.05, 3.63) is 0 Å². The fourth-order valence-corrected chi connectivity index (χ4v) is 4.23. The summed E-state index contributed by atoms with van der Waals surface area (Å²) in [7, 11) is 0. The molecule has 2 atom stereocenters. The Kier molecular flexibility index (Phi) is 5.39. The van der Waals surface area contributed by atoms with Gasteiger partial charge in [0.15, 0.2) is 0 Å². The first kappa shape index (κ1) is 15.1. The van der Waals surface area contributed by atoms with Gasteiger partial charge in [0, 0.05) is 31.7 Å². The van der Waals surface area contributed by atoms with Crippen LogP contribution < -0.4 is 5.32 Å². The largest absolute Gasteiger partial charge is 0.381 e. The van der Waals surface area contributed by atoms with Crippen molar-refractivity contribution in [3.8, 4) is 0 Å². The molecular weight excluding hydrogens is 264 g/mol. The lowest BCUT2D eigenvalue weighted by molar-refractivity contribution is 0.171. The van der Waals surface area contributed by atoms with Gasteiger partial charge in [-0.2, -0.15) is 0 Å². The minimum Gasteiger partial charge on any atom is -0.381 e. The molecule has 0 bridgehead atoms. The van der Waals surface area contributed by atoms with Crippen LogP contribution in [0.2, 0.25) is 0 Å². The molecular formula is C17H30N2O2. The molecule has 4 heteroatoms. The van der Waals surface area contributed by atoms with Crippen molar-refractivity contribution >= 4 is 6.03 Å². The molecule has 0 radical (unpaired) electrons. The third-order valence-electron chi connectivity index (χ3n) is 5.53. The van der Waals surface area contributed by atoms with Crippen molar-refractivity contribution in [3.63, 3.8) is 0 Å². The smallest absolute Gasteiger partial charge is 0.317 e. The van der Waals surface area contributed by atoms with Gasteiger partial charge in [-0.1, -0.05) is 32.1 Å². The predicted molar refractivity (Wildman–Crippen MR) is 83.2 cm³/mol. The summed E-state index contributed by atoms with van der Waals surface area (Å²) < 4.78 is 5.37. The van der Waals surface area contributed by atoms with Crippen LogP contribution in [0.15, 0.2) is 0 Å². The number of likely N-dealkylation sites (tertiary alicyclic amines) is 1. The van der Waals surface area contributed by atoms with Gasteiger partial charge < -0.3 is 15.0 Å². The number of amides is 2. The van der Waals surface area contributed by atoms with E-state index in [1.54, 1.807) is 0 Å². The van der Waals surface area contributed by atoms with Crippen LogP contribution in [0.5, 0.6) is 0 Å². The van der Waals surface area contributed by atoms with E-state index in [1.807, 2.05) is 0 Å². The molecule has 1 saturated carbocycles. The van der Waals surface area contributed by atoms with Crippen LogP contribution in [-0.2, 0) is 4.74 Å². The van der Waals surface area contributed by atoms with Gasteiger partial charge in [-0.3, -0.25) is 0 Å². The van der Waals surface area contributed by atoms with Crippen LogP contribution in [0, 0.1) is 11.8 Å². The molecule has 2 heterocycles. The molecule has 21 heavy (non-hydrogen) atoms. The summed E-state index contributed by atoms with van der Waals surface area (Å²) >= 11 is 0. The second-order valence-corrected chi connectivity index (χ2v) is 7.14. The maximum atomic E-state index is 12.4. The molecule has 3 rings (SSSR count). The van der Waals surface area contributed by atoms with Crippen molar-refractivity contribution in [1.29, 1.82) is 0 Å². The SMILES string of the molecule is O=C(NC[C@H]1CCOC1)N1CCC[C@@H]1CC1CCCCC1. The number of rotatable bonds is 4. The zero-order valence-electron chi connectivity index (χ0n) is 13.2. The molecule has 120 valence electrons. The first-order valence-corrected chi connectivity index (χ1v) is 8.95. The van der Waals surface area contributed by atoms with E-state index in [0.717, 1.165) is 38.6 Å². The maximum Gasteiger partial charge on any atom is 0.317 e. The molecule has 2 amide bonds. The second kappa shape index (κ2) is 7.48. The molecule has 1 N–H and O–H groups in total. The fourth-order valence-electron chi connectivity index (χ4n) is 4.23. The van der Waals surface area contributed by atoms with E-state index in [-0.39, 0.29) is 6.03 Å². The number of urea groups is 1. The standard InChI is InChI=1S/C17H30N2O2/c20-17(18-12-15-8-10-21-13-15)19-9-4-7-16(19)11-14-5-2-1-3-6-14/h14-16H,1-13H2,(H,18,20)/t15-,16-/m1/s1. The molecule has 0 aromatic rings. The minimum absolute atomic E-state index is 0.167. The second-order valence-electron chi connectivity index (χ2n) is 7.14. The number of carbonyl (C=O) groups excluding carboxylic acids is 1. The Bertz CT molecular complexity index is 336. The lowest BCUT2D eigenvalue weighted by Crippen LogP contribution is -2.45. The average Bonchev–Trinajstić information content (AvgIpc) is 3.17. The molecule has 0 unspecified atom stereocenters. The quantitative estimate of drug-likeness (QED) is 0.865. The van der Waals surface area contributed by atoms with E-state index >= 15 is 0 Å². The van der Waals surface area contributed by atoms with Crippen molar-refractivity contribution in [2.45, 2.75) is 63.8 Å². The van der Waals surface area contributed by atoms with E-state index in [0.29, 0.717) is 12.0 Å².